The molecule has 0 aromatic heterocycles. The molecule has 0 unspecified atom stereocenters. The number of halogens is 2. The van der Waals surface area contributed by atoms with Crippen LogP contribution in [0.1, 0.15) is 87.3 Å². The van der Waals surface area contributed by atoms with E-state index in [0.717, 1.165) is 11.5 Å². The van der Waals surface area contributed by atoms with E-state index in [9.17, 15) is 4.39 Å². The van der Waals surface area contributed by atoms with Crippen LogP contribution in [0.5, 0.6) is 0 Å². The largest absolute Gasteiger partial charge is 0.205 e. The highest BCUT2D eigenvalue weighted by atomic mass is 35.5. The van der Waals surface area contributed by atoms with Gasteiger partial charge in [-0.15, -0.1) is 0 Å². The Morgan fingerprint density at radius 2 is 1.57 bits per heavy atom. The van der Waals surface area contributed by atoms with Crippen LogP contribution in [0.2, 0.25) is 5.02 Å². The van der Waals surface area contributed by atoms with Gasteiger partial charge in [0.2, 0.25) is 0 Å². The molecule has 3 rings (SSSR count). The molecule has 0 spiro atoms. The molecule has 0 aliphatic heterocycles. The predicted octanol–water partition coefficient (Wildman–Crippen LogP) is 8.12. The lowest BCUT2D eigenvalue weighted by molar-refractivity contribution is 0.302. The molecule has 0 nitrogen and oxygen atoms in total. The number of hydrogen-bond donors (Lipinski definition) is 0. The minimum absolute atomic E-state index is 0.130. The monoisotopic (exact) mass is 396 g/mol. The Morgan fingerprint density at radius 3 is 2.25 bits per heavy atom. The molecule has 1 aliphatic carbocycles. The molecule has 2 heteroatoms. The molecule has 1 fully saturated rings. The topological polar surface area (TPSA) is 0 Å². The Labute approximate surface area is 174 Å². The molecule has 0 radical (unpaired) electrons. The van der Waals surface area contributed by atoms with Gasteiger partial charge in [-0.1, -0.05) is 74.6 Å². The molecule has 1 saturated carbocycles. The van der Waals surface area contributed by atoms with Gasteiger partial charge in [-0.3, -0.25) is 0 Å². The van der Waals surface area contributed by atoms with Crippen LogP contribution in [0.4, 0.5) is 4.39 Å². The van der Waals surface area contributed by atoms with Gasteiger partial charge in [-0.2, -0.15) is 0 Å². The molecule has 0 atom stereocenters. The molecule has 0 saturated heterocycles. The standard InChI is InChI=1S/C26H30ClF/c1-2-3-4-5-6-20-9-14-23(15-10-20)24-16-11-21(12-17-24)7-8-22-13-18-25(27)26(28)19-22/h11-13,16-20,23H,2-6,9-10,14-15H2,1H3/t20-,23-. The molecular formula is C26H30ClF. The summed E-state index contributed by atoms with van der Waals surface area (Å²) >= 11 is 5.71. The van der Waals surface area contributed by atoms with Gasteiger partial charge in [0.15, 0.2) is 0 Å². The van der Waals surface area contributed by atoms with Crippen LogP contribution in [0, 0.1) is 23.6 Å². The fraction of sp³-hybridized carbons (Fsp3) is 0.462. The minimum atomic E-state index is -0.426. The van der Waals surface area contributed by atoms with Crippen molar-refractivity contribution in [3.63, 3.8) is 0 Å². The molecule has 28 heavy (non-hydrogen) atoms. The Bertz CT molecular complexity index is 805. The highest BCUT2D eigenvalue weighted by Gasteiger charge is 2.21. The van der Waals surface area contributed by atoms with Crippen LogP contribution in [-0.2, 0) is 0 Å². The lowest BCUT2D eigenvalue weighted by atomic mass is 9.77. The number of benzene rings is 2. The lowest BCUT2D eigenvalue weighted by Crippen LogP contribution is -2.13. The van der Waals surface area contributed by atoms with Gasteiger partial charge in [0, 0.05) is 11.1 Å². The molecular weight excluding hydrogens is 367 g/mol. The first-order valence-electron chi connectivity index (χ1n) is 10.7. The Morgan fingerprint density at radius 1 is 0.893 bits per heavy atom. The van der Waals surface area contributed by atoms with Crippen LogP contribution < -0.4 is 0 Å². The number of hydrogen-bond acceptors (Lipinski definition) is 0. The van der Waals surface area contributed by atoms with Crippen LogP contribution >= 0.6 is 11.6 Å². The van der Waals surface area contributed by atoms with Crippen molar-refractivity contribution in [3.05, 3.63) is 70.0 Å². The first-order valence-corrected chi connectivity index (χ1v) is 11.1. The fourth-order valence-electron chi connectivity index (χ4n) is 4.20. The third-order valence-electron chi connectivity index (χ3n) is 5.97. The van der Waals surface area contributed by atoms with Crippen LogP contribution in [0.25, 0.3) is 0 Å². The summed E-state index contributed by atoms with van der Waals surface area (Å²) in [6, 6.07) is 13.3. The molecule has 2 aromatic rings. The van der Waals surface area contributed by atoms with Crippen LogP contribution in [0.15, 0.2) is 42.5 Å². The SMILES string of the molecule is CCCCCC[C@H]1CC[C@H](c2ccc(C#Cc3ccc(Cl)c(F)c3)cc2)CC1. The van der Waals surface area contributed by atoms with Gasteiger partial charge in [0.05, 0.1) is 5.02 Å². The van der Waals surface area contributed by atoms with Crippen LogP contribution in [0.3, 0.4) is 0 Å². The van der Waals surface area contributed by atoms with E-state index < -0.39 is 5.82 Å². The predicted molar refractivity (Wildman–Crippen MR) is 117 cm³/mol. The summed E-state index contributed by atoms with van der Waals surface area (Å²) in [4.78, 5) is 0. The summed E-state index contributed by atoms with van der Waals surface area (Å²) < 4.78 is 13.5. The molecule has 0 bridgehead atoms. The fourth-order valence-corrected chi connectivity index (χ4v) is 4.32. The van der Waals surface area contributed by atoms with Gasteiger partial charge in [-0.25, -0.2) is 4.39 Å². The lowest BCUT2D eigenvalue weighted by Gasteiger charge is -2.29. The third-order valence-corrected chi connectivity index (χ3v) is 6.27. The van der Waals surface area contributed by atoms with Crippen molar-refractivity contribution in [1.29, 1.82) is 0 Å². The highest BCUT2D eigenvalue weighted by Crippen LogP contribution is 2.37. The second-order valence-electron chi connectivity index (χ2n) is 8.07. The van der Waals surface area contributed by atoms with E-state index in [2.05, 4.69) is 43.0 Å². The maximum Gasteiger partial charge on any atom is 0.143 e. The quantitative estimate of drug-likeness (QED) is 0.341. The van der Waals surface area contributed by atoms with Crippen molar-refractivity contribution in [1.82, 2.24) is 0 Å². The summed E-state index contributed by atoms with van der Waals surface area (Å²) in [7, 11) is 0. The number of rotatable bonds is 6. The summed E-state index contributed by atoms with van der Waals surface area (Å²) in [5, 5.41) is 0.130. The van der Waals surface area contributed by atoms with Gasteiger partial charge >= 0.3 is 0 Å². The van der Waals surface area contributed by atoms with Crippen LogP contribution in [-0.4, -0.2) is 0 Å². The van der Waals surface area contributed by atoms with Gasteiger partial charge < -0.3 is 0 Å². The normalized spacial score (nSPS) is 19.1. The molecule has 0 amide bonds. The van der Waals surface area contributed by atoms with Gasteiger partial charge in [0.1, 0.15) is 5.82 Å². The third kappa shape index (κ3) is 6.11. The summed E-state index contributed by atoms with van der Waals surface area (Å²) in [5.41, 5.74) is 3.04. The minimum Gasteiger partial charge on any atom is -0.205 e. The highest BCUT2D eigenvalue weighted by molar-refractivity contribution is 6.30. The zero-order valence-corrected chi connectivity index (χ0v) is 17.6. The summed E-state index contributed by atoms with van der Waals surface area (Å²) in [6.45, 7) is 2.28. The van der Waals surface area contributed by atoms with E-state index in [0.29, 0.717) is 11.5 Å². The Hall–Kier alpha value is -1.78. The van der Waals surface area contributed by atoms with Crippen molar-refractivity contribution in [2.45, 2.75) is 70.6 Å². The zero-order valence-electron chi connectivity index (χ0n) is 16.8. The van der Waals surface area contributed by atoms with E-state index in [1.807, 2.05) is 0 Å². The summed E-state index contributed by atoms with van der Waals surface area (Å²) in [5.74, 6) is 7.34. The molecule has 2 aromatic carbocycles. The molecule has 1 aliphatic rings. The second kappa shape index (κ2) is 10.7. The van der Waals surface area contributed by atoms with Crippen molar-refractivity contribution in [2.75, 3.05) is 0 Å². The first kappa shape index (κ1) is 20.9. The zero-order chi connectivity index (χ0) is 19.8. The Balaban J connectivity index is 1.51. The number of unbranched alkanes of at least 4 members (excludes halogenated alkanes) is 3. The second-order valence-corrected chi connectivity index (χ2v) is 8.48. The molecule has 0 heterocycles. The van der Waals surface area contributed by atoms with Gasteiger partial charge in [0.25, 0.3) is 0 Å². The maximum atomic E-state index is 13.5. The van der Waals surface area contributed by atoms with Crippen molar-refractivity contribution < 1.29 is 4.39 Å². The van der Waals surface area contributed by atoms with Crippen molar-refractivity contribution in [2.24, 2.45) is 5.92 Å². The van der Waals surface area contributed by atoms with E-state index >= 15 is 0 Å². The summed E-state index contributed by atoms with van der Waals surface area (Å²) in [6.07, 6.45) is 12.3. The molecule has 0 N–H and O–H groups in total. The molecule has 148 valence electrons. The van der Waals surface area contributed by atoms with E-state index in [4.69, 9.17) is 11.6 Å². The van der Waals surface area contributed by atoms with E-state index in [1.54, 1.807) is 12.1 Å². The van der Waals surface area contributed by atoms with E-state index in [-0.39, 0.29) is 5.02 Å². The van der Waals surface area contributed by atoms with Crippen molar-refractivity contribution >= 4 is 11.6 Å². The average Bonchev–Trinajstić information content (AvgIpc) is 2.73. The Kier molecular flexibility index (Phi) is 7.99. The van der Waals surface area contributed by atoms with E-state index in [1.165, 1.54) is 69.4 Å². The van der Waals surface area contributed by atoms with Crippen molar-refractivity contribution in [3.8, 4) is 11.8 Å². The smallest absolute Gasteiger partial charge is 0.143 e. The van der Waals surface area contributed by atoms with Gasteiger partial charge in [-0.05, 0) is 73.4 Å². The average molecular weight is 397 g/mol. The maximum absolute atomic E-state index is 13.5. The first-order chi connectivity index (χ1) is 13.7.